The number of hydrogen-bond acceptors (Lipinski definition) is 2. The van der Waals surface area contributed by atoms with E-state index in [1.807, 2.05) is 0 Å². The van der Waals surface area contributed by atoms with E-state index >= 15 is 0 Å². The molecule has 1 N–H and O–H groups in total. The van der Waals surface area contributed by atoms with Gasteiger partial charge in [-0.2, -0.15) is 0 Å². The van der Waals surface area contributed by atoms with Crippen molar-refractivity contribution in [3.05, 3.63) is 0 Å². The van der Waals surface area contributed by atoms with Crippen LogP contribution in [-0.4, -0.2) is 25.8 Å². The maximum absolute atomic E-state index is 5.42. The lowest BCUT2D eigenvalue weighted by atomic mass is 9.82. The van der Waals surface area contributed by atoms with Gasteiger partial charge in [-0.3, -0.25) is 0 Å². The highest BCUT2D eigenvalue weighted by molar-refractivity contribution is 4.78. The highest BCUT2D eigenvalue weighted by atomic mass is 16.5. The molecule has 0 aliphatic heterocycles. The Bertz CT molecular complexity index is 155. The van der Waals surface area contributed by atoms with Crippen molar-refractivity contribution in [1.82, 2.24) is 5.32 Å². The van der Waals surface area contributed by atoms with Crippen molar-refractivity contribution in [2.75, 3.05) is 19.8 Å². The summed E-state index contributed by atoms with van der Waals surface area (Å²) >= 11 is 0. The van der Waals surface area contributed by atoms with Crippen molar-refractivity contribution < 1.29 is 4.74 Å². The largest absolute Gasteiger partial charge is 0.382 e. The Labute approximate surface area is 101 Å². The van der Waals surface area contributed by atoms with Crippen LogP contribution in [0.2, 0.25) is 0 Å². The average Bonchev–Trinajstić information content (AvgIpc) is 2.34. The molecular weight excluding hydrogens is 198 g/mol. The average molecular weight is 227 g/mol. The molecule has 0 aromatic carbocycles. The second-order valence-corrected chi connectivity index (χ2v) is 4.90. The maximum Gasteiger partial charge on any atom is 0.0466 e. The first-order valence-corrected chi connectivity index (χ1v) is 7.19. The van der Waals surface area contributed by atoms with Crippen molar-refractivity contribution in [3.63, 3.8) is 0 Å². The summed E-state index contributed by atoms with van der Waals surface area (Å²) in [6.45, 7) is 7.19. The van der Waals surface area contributed by atoms with Gasteiger partial charge in [-0.1, -0.05) is 26.2 Å². The van der Waals surface area contributed by atoms with Crippen LogP contribution in [0.1, 0.15) is 58.8 Å². The summed E-state index contributed by atoms with van der Waals surface area (Å²) in [7, 11) is 0. The molecule has 16 heavy (non-hydrogen) atoms. The first-order chi connectivity index (χ1) is 7.88. The fraction of sp³-hybridized carbons (Fsp3) is 1.00. The molecule has 96 valence electrons. The van der Waals surface area contributed by atoms with Crippen molar-refractivity contribution in [2.24, 2.45) is 5.92 Å². The molecule has 1 atom stereocenters. The lowest BCUT2D eigenvalue weighted by molar-refractivity contribution is 0.136. The van der Waals surface area contributed by atoms with E-state index < -0.39 is 0 Å². The number of rotatable bonds is 8. The van der Waals surface area contributed by atoms with Crippen LogP contribution in [0.5, 0.6) is 0 Å². The van der Waals surface area contributed by atoms with E-state index in [1.54, 1.807) is 0 Å². The molecule has 1 aliphatic rings. The van der Waals surface area contributed by atoms with Crippen LogP contribution < -0.4 is 5.32 Å². The van der Waals surface area contributed by atoms with Gasteiger partial charge in [0.1, 0.15) is 0 Å². The third-order valence-corrected chi connectivity index (χ3v) is 3.69. The SMILES string of the molecule is CCNC(CCCOCC)C1CCCCC1. The predicted molar refractivity (Wildman–Crippen MR) is 69.8 cm³/mol. The number of nitrogens with one attached hydrogen (secondary N) is 1. The van der Waals surface area contributed by atoms with E-state index in [4.69, 9.17) is 4.74 Å². The Morgan fingerprint density at radius 3 is 2.56 bits per heavy atom. The Hall–Kier alpha value is -0.0800. The van der Waals surface area contributed by atoms with E-state index in [1.165, 1.54) is 44.9 Å². The molecule has 0 bridgehead atoms. The first-order valence-electron chi connectivity index (χ1n) is 7.19. The van der Waals surface area contributed by atoms with Crippen molar-refractivity contribution in [1.29, 1.82) is 0 Å². The van der Waals surface area contributed by atoms with Gasteiger partial charge in [0.2, 0.25) is 0 Å². The first kappa shape index (κ1) is 14.0. The standard InChI is InChI=1S/C14H29NO/c1-3-15-14(11-8-12-16-4-2)13-9-6-5-7-10-13/h13-15H,3-12H2,1-2H3. The van der Waals surface area contributed by atoms with Crippen LogP contribution in [0.15, 0.2) is 0 Å². The molecule has 1 rings (SSSR count). The predicted octanol–water partition coefficient (Wildman–Crippen LogP) is 3.36. The second-order valence-electron chi connectivity index (χ2n) is 4.90. The van der Waals surface area contributed by atoms with Crippen LogP contribution in [0, 0.1) is 5.92 Å². The molecular formula is C14H29NO. The summed E-state index contributed by atoms with van der Waals surface area (Å²) in [4.78, 5) is 0. The molecule has 0 saturated heterocycles. The van der Waals surface area contributed by atoms with Crippen LogP contribution in [-0.2, 0) is 4.74 Å². The molecule has 1 aliphatic carbocycles. The Morgan fingerprint density at radius 2 is 1.94 bits per heavy atom. The van der Waals surface area contributed by atoms with Gasteiger partial charge in [0.25, 0.3) is 0 Å². The zero-order valence-electron chi connectivity index (χ0n) is 11.1. The highest BCUT2D eigenvalue weighted by Gasteiger charge is 2.22. The third kappa shape index (κ3) is 5.31. The van der Waals surface area contributed by atoms with Crippen molar-refractivity contribution >= 4 is 0 Å². The molecule has 2 nitrogen and oxygen atoms in total. The summed E-state index contributed by atoms with van der Waals surface area (Å²) in [6, 6.07) is 0.741. The van der Waals surface area contributed by atoms with Gasteiger partial charge in [-0.25, -0.2) is 0 Å². The normalized spacial score (nSPS) is 19.9. The quantitative estimate of drug-likeness (QED) is 0.642. The van der Waals surface area contributed by atoms with E-state index in [0.717, 1.165) is 31.7 Å². The number of ether oxygens (including phenoxy) is 1. The van der Waals surface area contributed by atoms with Gasteiger partial charge in [-0.15, -0.1) is 0 Å². The molecule has 0 radical (unpaired) electrons. The summed E-state index contributed by atoms with van der Waals surface area (Å²) < 4.78 is 5.42. The van der Waals surface area contributed by atoms with Crippen LogP contribution in [0.25, 0.3) is 0 Å². The molecule has 0 spiro atoms. The summed E-state index contributed by atoms with van der Waals surface area (Å²) in [5.41, 5.74) is 0. The molecule has 0 amide bonds. The Balaban J connectivity index is 2.22. The molecule has 1 fully saturated rings. The lowest BCUT2D eigenvalue weighted by Gasteiger charge is -2.31. The Morgan fingerprint density at radius 1 is 1.19 bits per heavy atom. The van der Waals surface area contributed by atoms with E-state index in [9.17, 15) is 0 Å². The van der Waals surface area contributed by atoms with E-state index in [-0.39, 0.29) is 0 Å². The fourth-order valence-corrected chi connectivity index (χ4v) is 2.85. The number of hydrogen-bond donors (Lipinski definition) is 1. The zero-order valence-corrected chi connectivity index (χ0v) is 11.1. The van der Waals surface area contributed by atoms with Gasteiger partial charge in [0, 0.05) is 19.3 Å². The minimum atomic E-state index is 0.741. The van der Waals surface area contributed by atoms with Gasteiger partial charge in [-0.05, 0) is 45.1 Å². The van der Waals surface area contributed by atoms with Gasteiger partial charge < -0.3 is 10.1 Å². The van der Waals surface area contributed by atoms with Gasteiger partial charge in [0.05, 0.1) is 0 Å². The zero-order chi connectivity index (χ0) is 11.6. The van der Waals surface area contributed by atoms with Crippen LogP contribution in [0.3, 0.4) is 0 Å². The molecule has 0 aromatic heterocycles. The second kappa shape index (κ2) is 9.00. The van der Waals surface area contributed by atoms with Gasteiger partial charge >= 0.3 is 0 Å². The topological polar surface area (TPSA) is 21.3 Å². The van der Waals surface area contributed by atoms with Crippen LogP contribution in [0.4, 0.5) is 0 Å². The highest BCUT2D eigenvalue weighted by Crippen LogP contribution is 2.28. The van der Waals surface area contributed by atoms with Crippen molar-refractivity contribution in [3.8, 4) is 0 Å². The van der Waals surface area contributed by atoms with Crippen LogP contribution >= 0.6 is 0 Å². The summed E-state index contributed by atoms with van der Waals surface area (Å²) in [5, 5.41) is 3.67. The van der Waals surface area contributed by atoms with Gasteiger partial charge in [0.15, 0.2) is 0 Å². The fourth-order valence-electron chi connectivity index (χ4n) is 2.85. The minimum Gasteiger partial charge on any atom is -0.382 e. The monoisotopic (exact) mass is 227 g/mol. The smallest absolute Gasteiger partial charge is 0.0466 e. The Kier molecular flexibility index (Phi) is 7.87. The molecule has 0 heterocycles. The molecule has 2 heteroatoms. The summed E-state index contributed by atoms with van der Waals surface area (Å²) in [6.07, 6.45) is 9.71. The van der Waals surface area contributed by atoms with E-state index in [2.05, 4.69) is 19.2 Å². The third-order valence-electron chi connectivity index (χ3n) is 3.69. The lowest BCUT2D eigenvalue weighted by Crippen LogP contribution is -2.37. The molecule has 1 saturated carbocycles. The molecule has 0 aromatic rings. The van der Waals surface area contributed by atoms with Crippen molar-refractivity contribution in [2.45, 2.75) is 64.8 Å². The van der Waals surface area contributed by atoms with E-state index in [0.29, 0.717) is 0 Å². The summed E-state index contributed by atoms with van der Waals surface area (Å²) in [5.74, 6) is 0.926. The molecule has 1 unspecified atom stereocenters. The maximum atomic E-state index is 5.42. The minimum absolute atomic E-state index is 0.741.